The Labute approximate surface area is 164 Å². The van der Waals surface area contributed by atoms with E-state index in [4.69, 9.17) is 4.74 Å². The lowest BCUT2D eigenvalue weighted by Crippen LogP contribution is -2.39. The Hall–Kier alpha value is -3.08. The number of fused-ring (bicyclic) bond motifs is 1. The number of Topliss-reactive ketones (excluding diaryl/α,β-unsaturated/α-hetero) is 1. The van der Waals surface area contributed by atoms with Gasteiger partial charge in [-0.3, -0.25) is 9.59 Å². The summed E-state index contributed by atoms with van der Waals surface area (Å²) in [7, 11) is 1.34. The quantitative estimate of drug-likeness (QED) is 0.607. The van der Waals surface area contributed by atoms with Gasteiger partial charge in [-0.05, 0) is 42.5 Å². The SMILES string of the molecule is COC(=O)[C@@H]1C(=O)C2=C(C[C@@H]1C)Nc1ccccc1N[C@@H]2c1ccccc1C. The Balaban J connectivity index is 1.90. The van der Waals surface area contributed by atoms with E-state index in [0.717, 1.165) is 28.2 Å². The lowest BCUT2D eigenvalue weighted by atomic mass is 9.74. The standard InChI is InChI=1S/C23H24N2O3/c1-13-8-4-5-9-15(13)21-20-18(24-16-10-6-7-11-17(16)25-21)12-14(2)19(22(20)26)23(27)28-3/h4-11,14,19,21,24-25H,12H2,1-3H3/t14-,19-,21+/m0/s1. The molecule has 0 aromatic heterocycles. The molecule has 2 aliphatic rings. The van der Waals surface area contributed by atoms with Crippen molar-refractivity contribution in [2.24, 2.45) is 11.8 Å². The van der Waals surface area contributed by atoms with Gasteiger partial charge in [-0.15, -0.1) is 0 Å². The van der Waals surface area contributed by atoms with Gasteiger partial charge in [-0.1, -0.05) is 43.3 Å². The van der Waals surface area contributed by atoms with Gasteiger partial charge in [-0.2, -0.15) is 0 Å². The predicted molar refractivity (Wildman–Crippen MR) is 109 cm³/mol. The second kappa shape index (κ2) is 7.15. The average Bonchev–Trinajstić information content (AvgIpc) is 2.84. The first-order chi connectivity index (χ1) is 13.5. The molecule has 144 valence electrons. The molecule has 5 nitrogen and oxygen atoms in total. The monoisotopic (exact) mass is 376 g/mol. The number of ketones is 1. The topological polar surface area (TPSA) is 67.4 Å². The van der Waals surface area contributed by atoms with E-state index < -0.39 is 11.9 Å². The third-order valence-electron chi connectivity index (χ3n) is 5.72. The highest BCUT2D eigenvalue weighted by molar-refractivity contribution is 6.11. The summed E-state index contributed by atoms with van der Waals surface area (Å²) in [5, 5.41) is 7.01. The molecule has 2 aromatic carbocycles. The number of benzene rings is 2. The fourth-order valence-corrected chi connectivity index (χ4v) is 4.28. The van der Waals surface area contributed by atoms with E-state index in [2.05, 4.69) is 10.6 Å². The summed E-state index contributed by atoms with van der Waals surface area (Å²) in [4.78, 5) is 25.9. The molecule has 0 fully saturated rings. The van der Waals surface area contributed by atoms with Crippen LogP contribution in [0.3, 0.4) is 0 Å². The third kappa shape index (κ3) is 2.97. The van der Waals surface area contributed by atoms with Crippen LogP contribution in [0.4, 0.5) is 11.4 Å². The summed E-state index contributed by atoms with van der Waals surface area (Å²) in [6.07, 6.45) is 0.610. The van der Waals surface area contributed by atoms with Crippen molar-refractivity contribution in [2.45, 2.75) is 26.3 Å². The van der Waals surface area contributed by atoms with Crippen LogP contribution in [-0.4, -0.2) is 18.9 Å². The molecule has 2 aromatic rings. The largest absolute Gasteiger partial charge is 0.468 e. The summed E-state index contributed by atoms with van der Waals surface area (Å²) in [6.45, 7) is 3.97. The molecule has 0 unspecified atom stereocenters. The number of aryl methyl sites for hydroxylation is 1. The second-order valence-electron chi connectivity index (χ2n) is 7.54. The van der Waals surface area contributed by atoms with E-state index in [1.165, 1.54) is 7.11 Å². The summed E-state index contributed by atoms with van der Waals surface area (Å²) < 4.78 is 4.94. The smallest absolute Gasteiger partial charge is 0.316 e. The predicted octanol–water partition coefficient (Wildman–Crippen LogP) is 4.23. The Morgan fingerprint density at radius 2 is 1.75 bits per heavy atom. The van der Waals surface area contributed by atoms with Crippen LogP contribution in [0.1, 0.15) is 30.5 Å². The zero-order valence-corrected chi connectivity index (χ0v) is 16.3. The lowest BCUT2D eigenvalue weighted by molar-refractivity contribution is -0.151. The molecule has 0 bridgehead atoms. The van der Waals surface area contributed by atoms with Crippen molar-refractivity contribution in [3.63, 3.8) is 0 Å². The fourth-order valence-electron chi connectivity index (χ4n) is 4.28. The molecule has 1 aliphatic carbocycles. The van der Waals surface area contributed by atoms with Crippen LogP contribution in [0, 0.1) is 18.8 Å². The number of allylic oxidation sites excluding steroid dienone is 1. The van der Waals surface area contributed by atoms with Crippen LogP contribution in [0.5, 0.6) is 0 Å². The summed E-state index contributed by atoms with van der Waals surface area (Å²) in [5.74, 6) is -1.54. The first kappa shape index (κ1) is 18.3. The van der Waals surface area contributed by atoms with E-state index in [1.807, 2.05) is 62.4 Å². The van der Waals surface area contributed by atoms with Gasteiger partial charge in [0.25, 0.3) is 0 Å². The fraction of sp³-hybridized carbons (Fsp3) is 0.304. The number of carbonyl (C=O) groups excluding carboxylic acids is 2. The van der Waals surface area contributed by atoms with E-state index in [9.17, 15) is 9.59 Å². The number of esters is 1. The molecule has 0 spiro atoms. The van der Waals surface area contributed by atoms with Gasteiger partial charge in [0.1, 0.15) is 5.92 Å². The number of ether oxygens (including phenoxy) is 1. The molecule has 28 heavy (non-hydrogen) atoms. The van der Waals surface area contributed by atoms with Gasteiger partial charge in [-0.25, -0.2) is 0 Å². The van der Waals surface area contributed by atoms with Gasteiger partial charge < -0.3 is 15.4 Å². The zero-order valence-electron chi connectivity index (χ0n) is 16.3. The number of hydrogen-bond donors (Lipinski definition) is 2. The van der Waals surface area contributed by atoms with Crippen LogP contribution < -0.4 is 10.6 Å². The number of nitrogens with one attached hydrogen (secondary N) is 2. The number of methoxy groups -OCH3 is 1. The van der Waals surface area contributed by atoms with Gasteiger partial charge >= 0.3 is 5.97 Å². The Morgan fingerprint density at radius 3 is 2.46 bits per heavy atom. The first-order valence-electron chi connectivity index (χ1n) is 9.54. The minimum Gasteiger partial charge on any atom is -0.468 e. The summed E-state index contributed by atoms with van der Waals surface area (Å²) in [5.41, 5.74) is 5.48. The Kier molecular flexibility index (Phi) is 4.67. The molecule has 5 heteroatoms. The van der Waals surface area contributed by atoms with Crippen molar-refractivity contribution in [1.29, 1.82) is 0 Å². The molecule has 3 atom stereocenters. The second-order valence-corrected chi connectivity index (χ2v) is 7.54. The van der Waals surface area contributed by atoms with Gasteiger partial charge in [0, 0.05) is 11.3 Å². The molecule has 0 amide bonds. The van der Waals surface area contributed by atoms with Gasteiger partial charge in [0.05, 0.1) is 24.5 Å². The number of anilines is 2. The first-order valence-corrected chi connectivity index (χ1v) is 9.54. The minimum atomic E-state index is -0.778. The van der Waals surface area contributed by atoms with Crippen LogP contribution >= 0.6 is 0 Å². The minimum absolute atomic E-state index is 0.131. The van der Waals surface area contributed by atoms with Crippen LogP contribution in [0.25, 0.3) is 0 Å². The van der Waals surface area contributed by atoms with Crippen molar-refractivity contribution in [2.75, 3.05) is 17.7 Å². The normalized spacial score (nSPS) is 23.7. The molecule has 0 saturated carbocycles. The summed E-state index contributed by atoms with van der Waals surface area (Å²) >= 11 is 0. The number of para-hydroxylation sites is 2. The number of hydrogen-bond acceptors (Lipinski definition) is 5. The molecular formula is C23H24N2O3. The zero-order chi connectivity index (χ0) is 19.8. The van der Waals surface area contributed by atoms with Gasteiger partial charge in [0.15, 0.2) is 5.78 Å². The van der Waals surface area contributed by atoms with Gasteiger partial charge in [0.2, 0.25) is 0 Å². The molecule has 0 saturated heterocycles. The van der Waals surface area contributed by atoms with E-state index in [0.29, 0.717) is 12.0 Å². The molecule has 4 rings (SSSR count). The molecule has 0 radical (unpaired) electrons. The highest BCUT2D eigenvalue weighted by Crippen LogP contribution is 2.44. The Bertz CT molecular complexity index is 979. The van der Waals surface area contributed by atoms with E-state index >= 15 is 0 Å². The van der Waals surface area contributed by atoms with Crippen molar-refractivity contribution in [1.82, 2.24) is 0 Å². The van der Waals surface area contributed by atoms with Crippen molar-refractivity contribution in [3.05, 3.63) is 70.9 Å². The molecule has 1 aliphatic heterocycles. The van der Waals surface area contributed by atoms with E-state index in [1.54, 1.807) is 0 Å². The Morgan fingerprint density at radius 1 is 1.07 bits per heavy atom. The molecular weight excluding hydrogens is 352 g/mol. The maximum Gasteiger partial charge on any atom is 0.316 e. The van der Waals surface area contributed by atoms with Crippen LogP contribution in [0.15, 0.2) is 59.8 Å². The van der Waals surface area contributed by atoms with E-state index in [-0.39, 0.29) is 17.7 Å². The third-order valence-corrected chi connectivity index (χ3v) is 5.72. The number of carbonyl (C=O) groups is 2. The van der Waals surface area contributed by atoms with Crippen molar-refractivity contribution < 1.29 is 14.3 Å². The van der Waals surface area contributed by atoms with Crippen LogP contribution in [-0.2, 0) is 14.3 Å². The van der Waals surface area contributed by atoms with Crippen LogP contribution in [0.2, 0.25) is 0 Å². The van der Waals surface area contributed by atoms with Crippen molar-refractivity contribution in [3.8, 4) is 0 Å². The molecule has 1 heterocycles. The molecule has 2 N–H and O–H groups in total. The highest BCUT2D eigenvalue weighted by Gasteiger charge is 2.44. The highest BCUT2D eigenvalue weighted by atomic mass is 16.5. The summed E-state index contributed by atoms with van der Waals surface area (Å²) in [6, 6.07) is 15.6. The maximum atomic E-state index is 13.5. The lowest BCUT2D eigenvalue weighted by Gasteiger charge is -2.32. The average molecular weight is 376 g/mol. The maximum absolute atomic E-state index is 13.5. The van der Waals surface area contributed by atoms with Crippen molar-refractivity contribution >= 4 is 23.1 Å². The number of rotatable bonds is 2.